The standard InChI is InChI=1S/C50H77N13O17/c64-39(51-16-7-5-8-37(45(75)76)54-50(79)55-38(46(77)78)14-15-40(65)66)9-4-2-1-3-6-17-52-47-56-48(58-49(57-47)62-24-26-80-27-25-62)53-35-12-10-34(11-13-35)28-36-29-61(32-43(71)72)21-20-59(30-41(67)68)18-19-60(31-42(69)70)22-23-63(36)33-44(73)74/h10-13,36-38H,1-9,14-33H2,(H,51,64)(H,65,66)(H,67,68)(H,69,70)(H,71,72)(H,73,74)(H,75,76)(H,77,78)(H2,54,55,79)(H2,52,53,56,57,58). The summed E-state index contributed by atoms with van der Waals surface area (Å²) in [7, 11) is 0. The van der Waals surface area contributed by atoms with Crippen LogP contribution >= 0.6 is 0 Å². The highest BCUT2D eigenvalue weighted by Crippen LogP contribution is 2.21. The average Bonchev–Trinajstić information content (AvgIpc) is 3.41. The Morgan fingerprint density at radius 2 is 1.09 bits per heavy atom. The van der Waals surface area contributed by atoms with E-state index in [9.17, 15) is 73.8 Å². The number of morpholine rings is 1. The third kappa shape index (κ3) is 26.4. The third-order valence-electron chi connectivity index (χ3n) is 13.1. The maximum Gasteiger partial charge on any atom is 0.326 e. The second kappa shape index (κ2) is 35.2. The fourth-order valence-electron chi connectivity index (χ4n) is 8.96. The number of ether oxygens (including phenoxy) is 1. The molecule has 3 amide bonds. The maximum absolute atomic E-state index is 12.4. The first-order valence-corrected chi connectivity index (χ1v) is 26.7. The fourth-order valence-corrected chi connectivity index (χ4v) is 8.96. The predicted molar refractivity (Wildman–Crippen MR) is 286 cm³/mol. The van der Waals surface area contributed by atoms with Gasteiger partial charge in [-0.1, -0.05) is 31.4 Å². The SMILES string of the molecule is O=C(O)CCC(NC(=O)NC(CCCCNC(=O)CCCCCCCNc1nc(Nc2ccc(CC3CN(CC(=O)O)CCN(CC(=O)O)CCN(CC(=O)O)CCN3CC(=O)O)cc2)nc(N2CCOCC2)n1)C(=O)O)C(=O)O. The highest BCUT2D eigenvalue weighted by Gasteiger charge is 2.29. The number of unbranched alkanes of at least 4 members (excludes halogenated alkanes) is 5. The van der Waals surface area contributed by atoms with Crippen LogP contribution in [-0.4, -0.2) is 254 Å². The quantitative estimate of drug-likeness (QED) is 0.0411. The molecule has 2 aliphatic heterocycles. The number of benzene rings is 1. The molecule has 12 N–H and O–H groups in total. The number of carbonyl (C=O) groups is 9. The smallest absolute Gasteiger partial charge is 0.326 e. The number of carboxylic acids is 7. The number of aliphatic carboxylic acids is 7. The lowest BCUT2D eigenvalue weighted by Crippen LogP contribution is -2.53. The lowest BCUT2D eigenvalue weighted by Gasteiger charge is -2.37. The number of hydrogen-bond acceptors (Lipinski definition) is 20. The summed E-state index contributed by atoms with van der Waals surface area (Å²) < 4.78 is 5.54. The number of carboxylic acid groups (broad SMARTS) is 7. The molecule has 3 unspecified atom stereocenters. The zero-order valence-electron chi connectivity index (χ0n) is 44.8. The van der Waals surface area contributed by atoms with Crippen molar-refractivity contribution in [2.45, 2.75) is 95.2 Å². The minimum absolute atomic E-state index is 0.0165. The van der Waals surface area contributed by atoms with E-state index < -0.39 is 72.4 Å². The summed E-state index contributed by atoms with van der Waals surface area (Å²) in [6, 6.07) is 2.92. The summed E-state index contributed by atoms with van der Waals surface area (Å²) in [6.45, 7) is 2.79. The van der Waals surface area contributed by atoms with Crippen LogP contribution in [0.25, 0.3) is 0 Å². The molecule has 30 heteroatoms. The van der Waals surface area contributed by atoms with Crippen molar-refractivity contribution in [1.82, 2.24) is 50.5 Å². The van der Waals surface area contributed by atoms with Gasteiger partial charge in [0.2, 0.25) is 23.8 Å². The van der Waals surface area contributed by atoms with E-state index in [1.54, 1.807) is 19.6 Å². The lowest BCUT2D eigenvalue weighted by atomic mass is 10.0. The summed E-state index contributed by atoms with van der Waals surface area (Å²) in [5, 5.41) is 80.2. The largest absolute Gasteiger partial charge is 0.481 e. The summed E-state index contributed by atoms with van der Waals surface area (Å²) >= 11 is 0. The molecule has 0 aliphatic carbocycles. The average molecular weight is 1130 g/mol. The van der Waals surface area contributed by atoms with Crippen molar-refractivity contribution in [3.8, 4) is 0 Å². The molecule has 80 heavy (non-hydrogen) atoms. The second-order valence-corrected chi connectivity index (χ2v) is 19.5. The Hall–Kier alpha value is -7.54. The van der Waals surface area contributed by atoms with Crippen LogP contribution in [0.15, 0.2) is 24.3 Å². The van der Waals surface area contributed by atoms with Gasteiger partial charge in [-0.05, 0) is 62.6 Å². The van der Waals surface area contributed by atoms with Crippen LogP contribution in [0, 0.1) is 0 Å². The van der Waals surface area contributed by atoms with Crippen LogP contribution in [0.4, 0.5) is 28.3 Å². The third-order valence-corrected chi connectivity index (χ3v) is 13.1. The van der Waals surface area contributed by atoms with Gasteiger partial charge in [-0.2, -0.15) is 15.0 Å². The maximum atomic E-state index is 12.4. The Balaban J connectivity index is 1.28. The second-order valence-electron chi connectivity index (χ2n) is 19.5. The molecule has 3 atom stereocenters. The van der Waals surface area contributed by atoms with E-state index in [0.717, 1.165) is 31.2 Å². The van der Waals surface area contributed by atoms with Crippen LogP contribution in [0.3, 0.4) is 0 Å². The molecule has 1 aromatic heterocycles. The van der Waals surface area contributed by atoms with E-state index in [1.807, 2.05) is 29.2 Å². The first-order valence-electron chi connectivity index (χ1n) is 26.7. The van der Waals surface area contributed by atoms with Crippen molar-refractivity contribution >= 4 is 77.3 Å². The van der Waals surface area contributed by atoms with Crippen molar-refractivity contribution in [2.75, 3.05) is 127 Å². The molecule has 30 nitrogen and oxygen atoms in total. The van der Waals surface area contributed by atoms with Crippen molar-refractivity contribution in [3.05, 3.63) is 29.8 Å². The molecular formula is C50H77N13O17. The van der Waals surface area contributed by atoms with Gasteiger partial charge in [0.25, 0.3) is 0 Å². The van der Waals surface area contributed by atoms with Gasteiger partial charge in [-0.15, -0.1) is 0 Å². The molecule has 2 fully saturated rings. The molecule has 4 rings (SSSR count). The Kier molecular flexibility index (Phi) is 28.6. The molecule has 0 spiro atoms. The van der Waals surface area contributed by atoms with Crippen LogP contribution in [0.2, 0.25) is 0 Å². The Bertz CT molecular complexity index is 2350. The molecule has 0 radical (unpaired) electrons. The van der Waals surface area contributed by atoms with Gasteiger partial charge in [-0.25, -0.2) is 14.4 Å². The van der Waals surface area contributed by atoms with Gasteiger partial charge in [0.1, 0.15) is 12.1 Å². The van der Waals surface area contributed by atoms with E-state index in [0.29, 0.717) is 89.1 Å². The first-order chi connectivity index (χ1) is 38.2. The van der Waals surface area contributed by atoms with Crippen LogP contribution in [0.1, 0.15) is 76.2 Å². The van der Waals surface area contributed by atoms with E-state index >= 15 is 0 Å². The molecular weight excluding hydrogens is 1050 g/mol. The number of aromatic nitrogens is 3. The number of urea groups is 1. The topological polar surface area (TPSA) is 419 Å². The fraction of sp³-hybridized carbons (Fsp3) is 0.640. The molecule has 444 valence electrons. The molecule has 3 heterocycles. The monoisotopic (exact) mass is 1130 g/mol. The molecule has 2 aromatic rings. The van der Waals surface area contributed by atoms with E-state index in [1.165, 1.54) is 0 Å². The lowest BCUT2D eigenvalue weighted by molar-refractivity contribution is -0.142. The molecule has 2 saturated heterocycles. The Morgan fingerprint density at radius 1 is 0.550 bits per heavy atom. The Labute approximate surface area is 462 Å². The summed E-state index contributed by atoms with van der Waals surface area (Å²) in [6.07, 6.45) is 4.51. The van der Waals surface area contributed by atoms with Gasteiger partial charge in [-0.3, -0.25) is 48.4 Å². The summed E-state index contributed by atoms with van der Waals surface area (Å²) in [4.78, 5) is 129. The molecule has 2 aliphatic rings. The van der Waals surface area contributed by atoms with E-state index in [4.69, 9.17) is 14.8 Å². The predicted octanol–water partition coefficient (Wildman–Crippen LogP) is 0.0323. The molecule has 0 bridgehead atoms. The van der Waals surface area contributed by atoms with E-state index in [-0.39, 0.29) is 96.7 Å². The van der Waals surface area contributed by atoms with Gasteiger partial charge >= 0.3 is 47.8 Å². The van der Waals surface area contributed by atoms with Gasteiger partial charge in [0.15, 0.2) is 0 Å². The normalized spacial score (nSPS) is 16.9. The van der Waals surface area contributed by atoms with Gasteiger partial charge < -0.3 is 72.0 Å². The molecule has 1 aromatic carbocycles. The van der Waals surface area contributed by atoms with Crippen molar-refractivity contribution < 1.29 is 83.6 Å². The van der Waals surface area contributed by atoms with Gasteiger partial charge in [0, 0.05) is 96.6 Å². The zero-order chi connectivity index (χ0) is 58.4. The number of amides is 3. The zero-order valence-corrected chi connectivity index (χ0v) is 44.8. The minimum atomic E-state index is -1.51. The number of rotatable bonds is 34. The van der Waals surface area contributed by atoms with Crippen molar-refractivity contribution in [1.29, 1.82) is 0 Å². The van der Waals surface area contributed by atoms with Crippen molar-refractivity contribution in [3.63, 3.8) is 0 Å². The highest BCUT2D eigenvalue weighted by atomic mass is 16.5. The highest BCUT2D eigenvalue weighted by molar-refractivity contribution is 5.86. The van der Waals surface area contributed by atoms with Crippen LogP contribution in [0.5, 0.6) is 0 Å². The van der Waals surface area contributed by atoms with E-state index in [2.05, 4.69) is 36.6 Å². The minimum Gasteiger partial charge on any atom is -0.481 e. The van der Waals surface area contributed by atoms with Crippen LogP contribution < -0.4 is 31.5 Å². The summed E-state index contributed by atoms with van der Waals surface area (Å²) in [5.41, 5.74) is 1.44. The number of nitrogens with zero attached hydrogens (tertiary/aromatic N) is 8. The number of nitrogens with one attached hydrogen (secondary N) is 5. The van der Waals surface area contributed by atoms with Crippen molar-refractivity contribution in [2.24, 2.45) is 0 Å². The van der Waals surface area contributed by atoms with Crippen LogP contribution in [-0.2, 0) is 49.5 Å². The summed E-state index contributed by atoms with van der Waals surface area (Å²) in [5.74, 6) is -7.47. The number of hydrogen-bond donors (Lipinski definition) is 12. The Morgan fingerprint density at radius 3 is 1.69 bits per heavy atom. The first kappa shape index (κ1) is 65.0. The number of anilines is 4. The number of carbonyl (C=O) groups excluding carboxylic acids is 2. The van der Waals surface area contributed by atoms with Gasteiger partial charge in [0.05, 0.1) is 39.4 Å². The molecule has 0 saturated carbocycles.